The molecule has 0 atom stereocenters. The maximum atomic E-state index is 13.3. The zero-order valence-electron chi connectivity index (χ0n) is 17.3. The van der Waals surface area contributed by atoms with Crippen molar-refractivity contribution in [3.05, 3.63) is 57.6 Å². The highest BCUT2D eigenvalue weighted by Crippen LogP contribution is 2.39. The Labute approximate surface area is 170 Å². The molecular weight excluding hydrogens is 368 g/mol. The first-order valence-electron chi connectivity index (χ1n) is 9.88. The summed E-state index contributed by atoms with van der Waals surface area (Å²) in [5.41, 5.74) is 2.86. The van der Waals surface area contributed by atoms with Crippen molar-refractivity contribution in [2.45, 2.75) is 39.2 Å². The van der Waals surface area contributed by atoms with Crippen LogP contribution in [0.1, 0.15) is 35.7 Å². The maximum absolute atomic E-state index is 13.3. The fourth-order valence-corrected chi connectivity index (χ4v) is 3.64. The summed E-state index contributed by atoms with van der Waals surface area (Å²) in [6.07, 6.45) is 2.12. The molecule has 152 valence electrons. The van der Waals surface area contributed by atoms with E-state index in [4.69, 9.17) is 19.2 Å². The van der Waals surface area contributed by atoms with Crippen LogP contribution in [-0.4, -0.2) is 30.4 Å². The van der Waals surface area contributed by atoms with Crippen molar-refractivity contribution in [1.29, 1.82) is 0 Å². The van der Waals surface area contributed by atoms with Gasteiger partial charge in [0.2, 0.25) is 0 Å². The predicted octanol–water partition coefficient (Wildman–Crippen LogP) is 3.99. The van der Waals surface area contributed by atoms with Gasteiger partial charge < -0.3 is 14.2 Å². The summed E-state index contributed by atoms with van der Waals surface area (Å²) in [7, 11) is 3.14. The van der Waals surface area contributed by atoms with Gasteiger partial charge in [0.1, 0.15) is 18.2 Å². The SMILES string of the molecule is COc1cc2nc(C3CC3)n(CCOc3ccc(C)cc3C)c(=O)c2cc1OC. The molecule has 3 aromatic rings. The van der Waals surface area contributed by atoms with Gasteiger partial charge in [0, 0.05) is 12.0 Å². The number of aryl methyl sites for hydroxylation is 2. The van der Waals surface area contributed by atoms with E-state index in [0.717, 1.165) is 30.0 Å². The first-order valence-corrected chi connectivity index (χ1v) is 9.88. The number of benzene rings is 2. The third-order valence-corrected chi connectivity index (χ3v) is 5.33. The molecule has 1 aromatic heterocycles. The zero-order valence-corrected chi connectivity index (χ0v) is 17.3. The van der Waals surface area contributed by atoms with E-state index in [1.165, 1.54) is 5.56 Å². The Morgan fingerprint density at radius 1 is 1.03 bits per heavy atom. The topological polar surface area (TPSA) is 62.6 Å². The lowest BCUT2D eigenvalue weighted by Crippen LogP contribution is -2.27. The Morgan fingerprint density at radius 3 is 2.41 bits per heavy atom. The molecule has 0 bridgehead atoms. The van der Waals surface area contributed by atoms with Crippen molar-refractivity contribution in [3.63, 3.8) is 0 Å². The number of hydrogen-bond donors (Lipinski definition) is 0. The summed E-state index contributed by atoms with van der Waals surface area (Å²) in [6, 6.07) is 9.58. The van der Waals surface area contributed by atoms with E-state index in [2.05, 4.69) is 13.0 Å². The minimum atomic E-state index is -0.0675. The lowest BCUT2D eigenvalue weighted by Gasteiger charge is -2.16. The molecule has 1 aliphatic carbocycles. The van der Waals surface area contributed by atoms with E-state index in [-0.39, 0.29) is 5.56 Å². The second kappa shape index (κ2) is 7.78. The molecule has 0 N–H and O–H groups in total. The van der Waals surface area contributed by atoms with Gasteiger partial charge in [-0.25, -0.2) is 4.98 Å². The molecule has 1 heterocycles. The second-order valence-corrected chi connectivity index (χ2v) is 7.54. The average Bonchev–Trinajstić information content (AvgIpc) is 3.55. The third kappa shape index (κ3) is 3.79. The zero-order chi connectivity index (χ0) is 20.5. The van der Waals surface area contributed by atoms with Gasteiger partial charge in [-0.3, -0.25) is 9.36 Å². The Kier molecular flexibility index (Phi) is 5.18. The summed E-state index contributed by atoms with van der Waals surface area (Å²) in [6.45, 7) is 4.95. The number of hydrogen-bond acceptors (Lipinski definition) is 5. The van der Waals surface area contributed by atoms with E-state index >= 15 is 0 Å². The lowest BCUT2D eigenvalue weighted by atomic mass is 10.1. The van der Waals surface area contributed by atoms with Crippen LogP contribution in [0.25, 0.3) is 10.9 Å². The van der Waals surface area contributed by atoms with Crippen molar-refractivity contribution < 1.29 is 14.2 Å². The van der Waals surface area contributed by atoms with Crippen molar-refractivity contribution in [2.75, 3.05) is 20.8 Å². The molecule has 0 unspecified atom stereocenters. The predicted molar refractivity (Wildman–Crippen MR) is 112 cm³/mol. The summed E-state index contributed by atoms with van der Waals surface area (Å²) in [4.78, 5) is 18.1. The molecule has 29 heavy (non-hydrogen) atoms. The van der Waals surface area contributed by atoms with Crippen LogP contribution in [-0.2, 0) is 6.54 Å². The highest BCUT2D eigenvalue weighted by atomic mass is 16.5. The van der Waals surface area contributed by atoms with Crippen LogP contribution in [0.5, 0.6) is 17.2 Å². The molecule has 1 aliphatic rings. The minimum Gasteiger partial charge on any atom is -0.493 e. The summed E-state index contributed by atoms with van der Waals surface area (Å²) in [5, 5.41) is 0.526. The number of nitrogens with zero attached hydrogens (tertiary/aromatic N) is 2. The van der Waals surface area contributed by atoms with Gasteiger partial charge >= 0.3 is 0 Å². The van der Waals surface area contributed by atoms with Crippen molar-refractivity contribution in [2.24, 2.45) is 0 Å². The molecular formula is C23H26N2O4. The molecule has 1 fully saturated rings. The fraction of sp³-hybridized carbons (Fsp3) is 0.391. The van der Waals surface area contributed by atoms with Crippen LogP contribution >= 0.6 is 0 Å². The normalized spacial score (nSPS) is 13.5. The van der Waals surface area contributed by atoms with Gasteiger partial charge in [0.25, 0.3) is 5.56 Å². The average molecular weight is 394 g/mol. The smallest absolute Gasteiger partial charge is 0.261 e. The molecule has 2 aromatic carbocycles. The Balaban J connectivity index is 1.68. The van der Waals surface area contributed by atoms with Gasteiger partial charge in [0.05, 0.1) is 31.7 Å². The van der Waals surface area contributed by atoms with Crippen molar-refractivity contribution in [1.82, 2.24) is 9.55 Å². The molecule has 0 aliphatic heterocycles. The highest BCUT2D eigenvalue weighted by molar-refractivity contribution is 5.82. The summed E-state index contributed by atoms with van der Waals surface area (Å²) >= 11 is 0. The van der Waals surface area contributed by atoms with Gasteiger partial charge in [-0.15, -0.1) is 0 Å². The van der Waals surface area contributed by atoms with Crippen molar-refractivity contribution in [3.8, 4) is 17.2 Å². The number of aromatic nitrogens is 2. The number of fused-ring (bicyclic) bond motifs is 1. The van der Waals surface area contributed by atoms with Crippen LogP contribution in [0.15, 0.2) is 35.1 Å². The van der Waals surface area contributed by atoms with Gasteiger partial charge in [-0.05, 0) is 44.4 Å². The Hall–Kier alpha value is -3.02. The molecule has 0 amide bonds. The number of ether oxygens (including phenoxy) is 3. The molecule has 0 saturated heterocycles. The number of rotatable bonds is 7. The lowest BCUT2D eigenvalue weighted by molar-refractivity contribution is 0.292. The highest BCUT2D eigenvalue weighted by Gasteiger charge is 2.29. The van der Waals surface area contributed by atoms with E-state index in [1.54, 1.807) is 30.9 Å². The Morgan fingerprint density at radius 2 is 1.76 bits per heavy atom. The van der Waals surface area contributed by atoms with Crippen LogP contribution in [0.2, 0.25) is 0 Å². The van der Waals surface area contributed by atoms with Crippen LogP contribution in [0.3, 0.4) is 0 Å². The van der Waals surface area contributed by atoms with Gasteiger partial charge in [-0.1, -0.05) is 17.7 Å². The third-order valence-electron chi connectivity index (χ3n) is 5.33. The first-order chi connectivity index (χ1) is 14.0. The largest absolute Gasteiger partial charge is 0.493 e. The standard InChI is InChI=1S/C23H26N2O4/c1-14-5-8-19(15(2)11-14)29-10-9-25-22(16-6-7-16)24-18-13-21(28-4)20(27-3)12-17(18)23(25)26/h5,8,11-13,16H,6-7,9-10H2,1-4H3. The molecule has 6 heteroatoms. The van der Waals surface area contributed by atoms with Crippen LogP contribution in [0, 0.1) is 13.8 Å². The monoisotopic (exact) mass is 394 g/mol. The quantitative estimate of drug-likeness (QED) is 0.606. The maximum Gasteiger partial charge on any atom is 0.261 e. The van der Waals surface area contributed by atoms with Crippen LogP contribution in [0.4, 0.5) is 0 Å². The van der Waals surface area contributed by atoms with E-state index in [1.807, 2.05) is 19.1 Å². The summed E-state index contributed by atoms with van der Waals surface area (Å²) < 4.78 is 18.5. The molecule has 4 rings (SSSR count). The minimum absolute atomic E-state index is 0.0675. The van der Waals surface area contributed by atoms with E-state index in [9.17, 15) is 4.79 Å². The van der Waals surface area contributed by atoms with E-state index in [0.29, 0.717) is 41.5 Å². The van der Waals surface area contributed by atoms with Crippen molar-refractivity contribution >= 4 is 10.9 Å². The molecule has 6 nitrogen and oxygen atoms in total. The van der Waals surface area contributed by atoms with Gasteiger partial charge in [-0.2, -0.15) is 0 Å². The summed E-state index contributed by atoms with van der Waals surface area (Å²) in [5.74, 6) is 3.11. The second-order valence-electron chi connectivity index (χ2n) is 7.54. The van der Waals surface area contributed by atoms with E-state index < -0.39 is 0 Å². The van der Waals surface area contributed by atoms with Gasteiger partial charge in [0.15, 0.2) is 11.5 Å². The molecule has 0 radical (unpaired) electrons. The van der Waals surface area contributed by atoms with Crippen LogP contribution < -0.4 is 19.8 Å². The number of methoxy groups -OCH3 is 2. The molecule has 1 saturated carbocycles. The Bertz CT molecular complexity index is 1120. The fourth-order valence-electron chi connectivity index (χ4n) is 3.64. The first kappa shape index (κ1) is 19.3. The molecule has 0 spiro atoms.